The third-order valence-corrected chi connectivity index (χ3v) is 19.4. The summed E-state index contributed by atoms with van der Waals surface area (Å²) in [6.45, 7) is 24.0. The first-order valence-electron chi connectivity index (χ1n) is 29.0. The molecular formula is C59H77FN14O9S2. The number of aromatic nitrogens is 7. The molecule has 2 amide bonds. The number of ketones is 1. The number of hydrogen-bond donors (Lipinski definition) is 2. The molecule has 0 bridgehead atoms. The molecule has 4 atom stereocenters. The number of anilines is 3. The highest BCUT2D eigenvalue weighted by Crippen LogP contribution is 2.38. The first-order valence-corrected chi connectivity index (χ1v) is 31.3. The van der Waals surface area contributed by atoms with E-state index in [-0.39, 0.29) is 72.0 Å². The Bertz CT molecular complexity index is 3460. The Morgan fingerprint density at radius 2 is 1.64 bits per heavy atom. The smallest absolute Gasteiger partial charge is 0.410 e. The van der Waals surface area contributed by atoms with Crippen LogP contribution in [-0.2, 0) is 24.1 Å². The SMILES string of the molecule is Cc1[nH]nc(Nc2ncnc3cc(OCCN4CCN(c5ncc(OC[C@H]6CN(C[C@H]7CN(C(=O)OC(C)(C)C)[C@@H](C)CN7CC(=O)N7CCC[C@H]7c7nc(C(=O)c8ccc(F)cc8)cs7)CCO6)cn5)CC4)c(S(=O)(=O)C(C)(C)C)cc23)c1C. The van der Waals surface area contributed by atoms with Crippen LogP contribution in [0.4, 0.5) is 26.8 Å². The van der Waals surface area contributed by atoms with Gasteiger partial charge in [-0.05, 0) is 105 Å². The first-order chi connectivity index (χ1) is 40.5. The Kier molecular flexibility index (Phi) is 18.4. The van der Waals surface area contributed by atoms with Gasteiger partial charge in [0.1, 0.15) is 64.2 Å². The molecule has 10 rings (SSSR count). The minimum Gasteiger partial charge on any atom is -0.491 e. The van der Waals surface area contributed by atoms with Gasteiger partial charge >= 0.3 is 6.09 Å². The van der Waals surface area contributed by atoms with E-state index in [1.165, 1.54) is 41.9 Å². The van der Waals surface area contributed by atoms with Crippen LogP contribution in [0.15, 0.2) is 65.4 Å². The van der Waals surface area contributed by atoms with Gasteiger partial charge in [0.25, 0.3) is 0 Å². The number of piperazine rings is 2. The Hall–Kier alpha value is -6.97. The number of ether oxygens (including phenoxy) is 4. The minimum absolute atomic E-state index is 0.0418. The molecule has 6 aromatic rings. The molecule has 4 saturated heterocycles. The molecule has 2 N–H and O–H groups in total. The molecule has 0 aliphatic carbocycles. The number of likely N-dealkylation sites (tertiary alicyclic amines) is 1. The van der Waals surface area contributed by atoms with E-state index < -0.39 is 32.1 Å². The van der Waals surface area contributed by atoms with Gasteiger partial charge in [0, 0.05) is 118 Å². The first kappa shape index (κ1) is 61.1. The number of carbonyl (C=O) groups excluding carboxylic acids is 3. The molecule has 4 fully saturated rings. The maximum absolute atomic E-state index is 14.4. The van der Waals surface area contributed by atoms with Crippen molar-refractivity contribution in [2.24, 2.45) is 0 Å². The Labute approximate surface area is 499 Å². The molecule has 0 spiro atoms. The summed E-state index contributed by atoms with van der Waals surface area (Å²) in [4.78, 5) is 76.8. The van der Waals surface area contributed by atoms with Crippen LogP contribution >= 0.6 is 11.3 Å². The number of hydrogen-bond acceptors (Lipinski definition) is 21. The van der Waals surface area contributed by atoms with Crippen molar-refractivity contribution in [3.63, 3.8) is 0 Å². The second-order valence-electron chi connectivity index (χ2n) is 24.3. The van der Waals surface area contributed by atoms with Gasteiger partial charge in [-0.3, -0.25) is 29.4 Å². The number of morpholine rings is 1. The Morgan fingerprint density at radius 1 is 0.882 bits per heavy atom. The number of rotatable bonds is 18. The van der Waals surface area contributed by atoms with Gasteiger partial charge in [-0.15, -0.1) is 11.3 Å². The summed E-state index contributed by atoms with van der Waals surface area (Å²) in [5, 5.41) is 13.5. The van der Waals surface area contributed by atoms with Crippen LogP contribution in [-0.4, -0.2) is 213 Å². The zero-order chi connectivity index (χ0) is 60.4. The van der Waals surface area contributed by atoms with Gasteiger partial charge in [-0.25, -0.2) is 42.5 Å². The van der Waals surface area contributed by atoms with Gasteiger partial charge in [-0.1, -0.05) is 0 Å². The number of halogens is 1. The van der Waals surface area contributed by atoms with E-state index >= 15 is 0 Å². The number of nitrogens with one attached hydrogen (secondary N) is 2. The predicted molar refractivity (Wildman–Crippen MR) is 319 cm³/mol. The fourth-order valence-electron chi connectivity index (χ4n) is 11.0. The topological polar surface area (TPSA) is 247 Å². The number of benzene rings is 2. The van der Waals surface area contributed by atoms with Crippen molar-refractivity contribution in [1.82, 2.24) is 59.6 Å². The maximum Gasteiger partial charge on any atom is 0.410 e. The number of carbonyl (C=O) groups is 3. The lowest BCUT2D eigenvalue weighted by molar-refractivity contribution is -0.135. The zero-order valence-corrected chi connectivity index (χ0v) is 51.5. The Balaban J connectivity index is 0.717. The van der Waals surface area contributed by atoms with Gasteiger partial charge in [0.2, 0.25) is 17.6 Å². The monoisotopic (exact) mass is 1210 g/mol. The van der Waals surface area contributed by atoms with E-state index in [0.717, 1.165) is 24.1 Å². The summed E-state index contributed by atoms with van der Waals surface area (Å²) in [7, 11) is -3.85. The lowest BCUT2D eigenvalue weighted by atomic mass is 10.1. The molecule has 0 saturated carbocycles. The van der Waals surface area contributed by atoms with Crippen LogP contribution in [0.2, 0.25) is 0 Å². The van der Waals surface area contributed by atoms with Gasteiger partial charge in [0.15, 0.2) is 21.4 Å². The average molecular weight is 1210 g/mol. The van der Waals surface area contributed by atoms with Gasteiger partial charge in [0.05, 0.1) is 41.9 Å². The minimum atomic E-state index is -3.85. The molecular weight excluding hydrogens is 1130 g/mol. The van der Waals surface area contributed by atoms with Crippen LogP contribution in [0, 0.1) is 19.7 Å². The summed E-state index contributed by atoms with van der Waals surface area (Å²) in [6, 6.07) is 7.97. The number of thiazole rings is 1. The number of aryl methyl sites for hydroxylation is 1. The maximum atomic E-state index is 14.4. The third-order valence-electron chi connectivity index (χ3n) is 16.0. The summed E-state index contributed by atoms with van der Waals surface area (Å²) < 4.78 is 65.2. The van der Waals surface area contributed by atoms with E-state index in [1.54, 1.807) is 55.6 Å². The highest BCUT2D eigenvalue weighted by Gasteiger charge is 2.41. The lowest BCUT2D eigenvalue weighted by Crippen LogP contribution is -2.64. The van der Waals surface area contributed by atoms with E-state index in [1.807, 2.05) is 46.4 Å². The fraction of sp³-hybridized carbons (Fsp3) is 0.542. The second kappa shape index (κ2) is 25.5. The van der Waals surface area contributed by atoms with E-state index in [4.69, 9.17) is 23.9 Å². The van der Waals surface area contributed by atoms with Crippen LogP contribution in [0.5, 0.6) is 11.5 Å². The number of amides is 2. The van der Waals surface area contributed by atoms with Crippen LogP contribution in [0.1, 0.15) is 99.7 Å². The molecule has 4 aromatic heterocycles. The molecule has 2 aromatic carbocycles. The van der Waals surface area contributed by atoms with E-state index in [9.17, 15) is 27.2 Å². The quantitative estimate of drug-likeness (QED) is 0.0835. The average Bonchev–Trinajstić information content (AvgIpc) is 3.15. The summed E-state index contributed by atoms with van der Waals surface area (Å²) in [5.74, 6) is 1.59. The summed E-state index contributed by atoms with van der Waals surface area (Å²) >= 11 is 1.35. The number of sulfone groups is 1. The van der Waals surface area contributed by atoms with Crippen LogP contribution in [0.25, 0.3) is 10.9 Å². The molecule has 4 aliphatic rings. The summed E-state index contributed by atoms with van der Waals surface area (Å²) in [5.41, 5.74) is 2.29. The van der Waals surface area contributed by atoms with Crippen LogP contribution in [0.3, 0.4) is 0 Å². The number of fused-ring (bicyclic) bond motifs is 1. The molecule has 0 unspecified atom stereocenters. The van der Waals surface area contributed by atoms with Gasteiger partial charge in [-0.2, -0.15) is 5.10 Å². The Morgan fingerprint density at radius 3 is 2.34 bits per heavy atom. The predicted octanol–water partition coefficient (Wildman–Crippen LogP) is 6.86. The van der Waals surface area contributed by atoms with E-state index in [0.29, 0.717) is 123 Å². The molecule has 26 heteroatoms. The molecule has 85 heavy (non-hydrogen) atoms. The van der Waals surface area contributed by atoms with Crippen molar-refractivity contribution in [2.45, 2.75) is 115 Å². The van der Waals surface area contributed by atoms with Gasteiger partial charge < -0.3 is 39.0 Å². The van der Waals surface area contributed by atoms with Crippen molar-refractivity contribution in [1.29, 1.82) is 0 Å². The number of aromatic amines is 1. The molecule has 456 valence electrons. The second-order valence-corrected chi connectivity index (χ2v) is 27.8. The normalized spacial score (nSPS) is 20.5. The van der Waals surface area contributed by atoms with E-state index in [2.05, 4.69) is 55.0 Å². The lowest BCUT2D eigenvalue weighted by Gasteiger charge is -2.47. The largest absolute Gasteiger partial charge is 0.491 e. The van der Waals surface area contributed by atoms with Crippen molar-refractivity contribution in [3.05, 3.63) is 93.8 Å². The van der Waals surface area contributed by atoms with Crippen molar-refractivity contribution < 1.29 is 46.1 Å². The van der Waals surface area contributed by atoms with Crippen molar-refractivity contribution in [2.75, 3.05) is 109 Å². The zero-order valence-electron chi connectivity index (χ0n) is 49.8. The fourth-order valence-corrected chi connectivity index (χ4v) is 13.3. The molecule has 23 nitrogen and oxygen atoms in total. The standard InChI is InChI=1S/C59H77FN14O9S2/c1-37-29-72(33-51(75)73-16-10-11-48(73)55-65-47(35-84-55)52(76)40-12-14-41(60)15-13-40)42(31-74(37)57(77)83-58(4,5)6)30-70-22-23-80-44(32-70)34-82-43-27-61-56(62-28-43)71-19-17-69(18-20-71)21-24-81-49-26-46-45(25-50(49)85(78,79)59(7,8)9)54(64-36-63-46)66-53-38(2)39(3)67-68-53/h12-15,25-28,35-37,42,44,48H,10-11,16-24,29-34H2,1-9H3,(H2,63,64,66,67,68)/t37-,42-,44+,48-/m0/s1. The third kappa shape index (κ3) is 14.3. The van der Waals surface area contributed by atoms with Crippen LogP contribution < -0.4 is 19.7 Å². The van der Waals surface area contributed by atoms with Crippen molar-refractivity contribution >= 4 is 67.4 Å². The van der Waals surface area contributed by atoms with Crippen molar-refractivity contribution in [3.8, 4) is 11.5 Å². The molecule has 4 aliphatic heterocycles. The molecule has 8 heterocycles. The number of nitrogens with zero attached hydrogens (tertiary/aromatic N) is 12. The molecule has 0 radical (unpaired) electrons. The summed E-state index contributed by atoms with van der Waals surface area (Å²) in [6.07, 6.45) is 5.64. The highest BCUT2D eigenvalue weighted by molar-refractivity contribution is 7.92. The number of H-pyrrole nitrogens is 1. The highest BCUT2D eigenvalue weighted by atomic mass is 32.2.